The van der Waals surface area contributed by atoms with Crippen molar-refractivity contribution >= 4 is 35.1 Å². The third-order valence-electron chi connectivity index (χ3n) is 2.12. The lowest BCUT2D eigenvalue weighted by atomic mass is 10.2. The summed E-state index contributed by atoms with van der Waals surface area (Å²) in [5.74, 6) is -0.831. The van der Waals surface area contributed by atoms with Crippen molar-refractivity contribution in [1.29, 1.82) is 0 Å². The van der Waals surface area contributed by atoms with Gasteiger partial charge >= 0.3 is 5.97 Å². The molecule has 0 aliphatic carbocycles. The molecule has 1 aliphatic rings. The first-order valence-electron chi connectivity index (χ1n) is 4.70. The molecular formula is C11H7Cl2NO3. The Balaban J connectivity index is 2.12. The number of esters is 1. The minimum absolute atomic E-state index is 0.0753. The van der Waals surface area contributed by atoms with Crippen molar-refractivity contribution in [1.82, 2.24) is 5.32 Å². The van der Waals surface area contributed by atoms with Crippen LogP contribution in [-0.2, 0) is 9.53 Å². The van der Waals surface area contributed by atoms with Crippen molar-refractivity contribution in [2.75, 3.05) is 6.61 Å². The second-order valence-electron chi connectivity index (χ2n) is 3.36. The Kier molecular flexibility index (Phi) is 3.36. The predicted octanol–water partition coefficient (Wildman–Crippen LogP) is 2.16. The molecule has 6 heteroatoms. The lowest BCUT2D eigenvalue weighted by Gasteiger charge is -2.05. The van der Waals surface area contributed by atoms with Crippen molar-refractivity contribution in [2.24, 2.45) is 0 Å². The standard InChI is InChI=1S/C11H7Cl2NO3/c12-8-2-1-6(3-9(8)13)11(16)14-7-4-10(15)17-5-7/h1-4H,5H2,(H,14,16). The van der Waals surface area contributed by atoms with Crippen LogP contribution in [0.25, 0.3) is 0 Å². The van der Waals surface area contributed by atoms with Crippen LogP contribution in [0.4, 0.5) is 0 Å². The van der Waals surface area contributed by atoms with Crippen molar-refractivity contribution in [3.63, 3.8) is 0 Å². The molecule has 0 spiro atoms. The van der Waals surface area contributed by atoms with E-state index in [-0.39, 0.29) is 12.5 Å². The minimum Gasteiger partial charge on any atom is -0.456 e. The van der Waals surface area contributed by atoms with Crippen LogP contribution in [0.1, 0.15) is 10.4 Å². The van der Waals surface area contributed by atoms with Gasteiger partial charge < -0.3 is 10.1 Å². The van der Waals surface area contributed by atoms with Crippen LogP contribution >= 0.6 is 23.2 Å². The Labute approximate surface area is 107 Å². The summed E-state index contributed by atoms with van der Waals surface area (Å²) >= 11 is 11.5. The minimum atomic E-state index is -0.463. The maximum absolute atomic E-state index is 11.8. The highest BCUT2D eigenvalue weighted by atomic mass is 35.5. The third kappa shape index (κ3) is 2.78. The van der Waals surface area contributed by atoms with Crippen LogP contribution in [0.2, 0.25) is 10.0 Å². The highest BCUT2D eigenvalue weighted by molar-refractivity contribution is 6.42. The highest BCUT2D eigenvalue weighted by Crippen LogP contribution is 2.22. The Morgan fingerprint density at radius 1 is 1.29 bits per heavy atom. The van der Waals surface area contributed by atoms with Gasteiger partial charge in [-0.05, 0) is 18.2 Å². The summed E-state index contributed by atoms with van der Waals surface area (Å²) < 4.78 is 4.65. The van der Waals surface area contributed by atoms with Crippen molar-refractivity contribution < 1.29 is 14.3 Å². The summed E-state index contributed by atoms with van der Waals surface area (Å²) in [6.07, 6.45) is 1.23. The molecule has 4 nitrogen and oxygen atoms in total. The van der Waals surface area contributed by atoms with Gasteiger partial charge in [-0.3, -0.25) is 4.79 Å². The predicted molar refractivity (Wildman–Crippen MR) is 63.0 cm³/mol. The van der Waals surface area contributed by atoms with E-state index in [0.29, 0.717) is 21.3 Å². The van der Waals surface area contributed by atoms with E-state index < -0.39 is 5.97 Å². The van der Waals surface area contributed by atoms with Crippen molar-refractivity contribution in [2.45, 2.75) is 0 Å². The second-order valence-corrected chi connectivity index (χ2v) is 4.17. The van der Waals surface area contributed by atoms with Gasteiger partial charge in [-0.1, -0.05) is 23.2 Å². The fourth-order valence-corrected chi connectivity index (χ4v) is 1.60. The number of ether oxygens (including phenoxy) is 1. The van der Waals surface area contributed by atoms with Crippen LogP contribution in [0.15, 0.2) is 30.0 Å². The van der Waals surface area contributed by atoms with E-state index in [1.807, 2.05) is 0 Å². The highest BCUT2D eigenvalue weighted by Gasteiger charge is 2.16. The summed E-state index contributed by atoms with van der Waals surface area (Å²) in [5, 5.41) is 3.22. The summed E-state index contributed by atoms with van der Waals surface area (Å²) in [4.78, 5) is 22.5. The molecule has 0 saturated carbocycles. The number of carbonyl (C=O) groups excluding carboxylic acids is 2. The molecule has 0 radical (unpaired) electrons. The fraction of sp³-hybridized carbons (Fsp3) is 0.0909. The van der Waals surface area contributed by atoms with Gasteiger partial charge in [-0.25, -0.2) is 4.79 Å². The SMILES string of the molecule is O=C1C=C(NC(=O)c2ccc(Cl)c(Cl)c2)CO1. The molecule has 1 N–H and O–H groups in total. The van der Waals surface area contributed by atoms with Gasteiger partial charge in [0.1, 0.15) is 6.61 Å². The van der Waals surface area contributed by atoms with Gasteiger partial charge in [-0.2, -0.15) is 0 Å². The Morgan fingerprint density at radius 2 is 2.06 bits per heavy atom. The quantitative estimate of drug-likeness (QED) is 0.839. The molecule has 0 bridgehead atoms. The zero-order chi connectivity index (χ0) is 12.4. The van der Waals surface area contributed by atoms with Crippen molar-refractivity contribution in [3.05, 3.63) is 45.6 Å². The molecule has 0 aromatic heterocycles. The average molecular weight is 272 g/mol. The first-order chi connectivity index (χ1) is 8.06. The molecule has 1 aromatic rings. The topological polar surface area (TPSA) is 55.4 Å². The van der Waals surface area contributed by atoms with Crippen molar-refractivity contribution in [3.8, 4) is 0 Å². The van der Waals surface area contributed by atoms with E-state index in [9.17, 15) is 9.59 Å². The lowest BCUT2D eigenvalue weighted by molar-refractivity contribution is -0.134. The molecule has 1 aliphatic heterocycles. The molecule has 0 fully saturated rings. The van der Waals surface area contributed by atoms with Crippen LogP contribution in [0, 0.1) is 0 Å². The van der Waals surface area contributed by atoms with Crippen LogP contribution in [0.5, 0.6) is 0 Å². The molecule has 1 amide bonds. The van der Waals surface area contributed by atoms with Gasteiger partial charge in [0.15, 0.2) is 0 Å². The largest absolute Gasteiger partial charge is 0.456 e. The molecule has 1 heterocycles. The van der Waals surface area contributed by atoms with Gasteiger partial charge in [-0.15, -0.1) is 0 Å². The van der Waals surface area contributed by atoms with E-state index in [2.05, 4.69) is 10.1 Å². The smallest absolute Gasteiger partial charge is 0.333 e. The molecule has 2 rings (SSSR count). The van der Waals surface area contributed by atoms with E-state index in [1.165, 1.54) is 18.2 Å². The first kappa shape index (κ1) is 12.0. The molecule has 0 atom stereocenters. The van der Waals surface area contributed by atoms with Crippen LogP contribution in [-0.4, -0.2) is 18.5 Å². The number of hydrogen-bond donors (Lipinski definition) is 1. The third-order valence-corrected chi connectivity index (χ3v) is 2.86. The first-order valence-corrected chi connectivity index (χ1v) is 5.45. The molecule has 88 valence electrons. The monoisotopic (exact) mass is 271 g/mol. The van der Waals surface area contributed by atoms with E-state index in [4.69, 9.17) is 23.2 Å². The second kappa shape index (κ2) is 4.77. The number of cyclic esters (lactones) is 1. The number of hydrogen-bond acceptors (Lipinski definition) is 3. The summed E-state index contributed by atoms with van der Waals surface area (Å²) in [6.45, 7) is 0.0753. The van der Waals surface area contributed by atoms with Crippen LogP contribution in [0.3, 0.4) is 0 Å². The number of nitrogens with one attached hydrogen (secondary N) is 1. The summed E-state index contributed by atoms with van der Waals surface area (Å²) in [5.41, 5.74) is 0.783. The lowest BCUT2D eigenvalue weighted by Crippen LogP contribution is -2.23. The molecule has 0 saturated heterocycles. The molecule has 17 heavy (non-hydrogen) atoms. The molecular weight excluding hydrogens is 265 g/mol. The number of amides is 1. The maximum atomic E-state index is 11.8. The Morgan fingerprint density at radius 3 is 2.65 bits per heavy atom. The zero-order valence-electron chi connectivity index (χ0n) is 8.50. The van der Waals surface area contributed by atoms with Gasteiger partial charge in [0, 0.05) is 11.6 Å². The Bertz CT molecular complexity index is 525. The fourth-order valence-electron chi connectivity index (χ4n) is 1.30. The number of rotatable bonds is 2. The van der Waals surface area contributed by atoms with Gasteiger partial charge in [0.25, 0.3) is 5.91 Å². The number of benzene rings is 1. The normalized spacial score (nSPS) is 14.2. The summed E-state index contributed by atoms with van der Waals surface area (Å²) in [7, 11) is 0. The zero-order valence-corrected chi connectivity index (χ0v) is 10.0. The number of halogens is 2. The average Bonchev–Trinajstić information content (AvgIpc) is 2.68. The molecule has 1 aromatic carbocycles. The maximum Gasteiger partial charge on any atom is 0.333 e. The summed E-state index contributed by atoms with van der Waals surface area (Å²) in [6, 6.07) is 4.53. The Hall–Kier alpha value is -1.52. The molecule has 0 unspecified atom stereocenters. The van der Waals surface area contributed by atoms with E-state index >= 15 is 0 Å². The van der Waals surface area contributed by atoms with Gasteiger partial charge in [0.2, 0.25) is 0 Å². The van der Waals surface area contributed by atoms with E-state index in [1.54, 1.807) is 6.07 Å². The van der Waals surface area contributed by atoms with E-state index in [0.717, 1.165) is 0 Å². The van der Waals surface area contributed by atoms with Gasteiger partial charge in [0.05, 0.1) is 15.7 Å². The number of carbonyl (C=O) groups is 2. The van der Waals surface area contributed by atoms with Crippen LogP contribution < -0.4 is 5.32 Å².